The summed E-state index contributed by atoms with van der Waals surface area (Å²) < 4.78 is 15.7. The predicted molar refractivity (Wildman–Crippen MR) is 85.6 cm³/mol. The van der Waals surface area contributed by atoms with Crippen LogP contribution in [0.25, 0.3) is 0 Å². The lowest BCUT2D eigenvalue weighted by atomic mass is 10.2. The van der Waals surface area contributed by atoms with Crippen molar-refractivity contribution in [1.82, 2.24) is 4.98 Å². The second kappa shape index (κ2) is 7.18. The third-order valence-corrected chi connectivity index (χ3v) is 3.33. The molecule has 0 saturated heterocycles. The van der Waals surface area contributed by atoms with Gasteiger partial charge in [-0.2, -0.15) is 0 Å². The van der Waals surface area contributed by atoms with Crippen molar-refractivity contribution in [3.05, 3.63) is 47.1 Å². The van der Waals surface area contributed by atoms with Crippen LogP contribution in [-0.4, -0.2) is 36.7 Å². The Morgan fingerprint density at radius 1 is 1.17 bits per heavy atom. The van der Waals surface area contributed by atoms with Gasteiger partial charge in [0.2, 0.25) is 0 Å². The first-order valence-electron chi connectivity index (χ1n) is 7.10. The number of nitrogens with one attached hydrogen (secondary N) is 1. The molecule has 7 nitrogen and oxygen atoms in total. The minimum absolute atomic E-state index is 0.275. The van der Waals surface area contributed by atoms with E-state index in [2.05, 4.69) is 10.3 Å². The van der Waals surface area contributed by atoms with E-state index in [4.69, 9.17) is 25.8 Å². The maximum atomic E-state index is 12.0. The minimum atomic E-state index is -0.633. The molecule has 1 aliphatic rings. The van der Waals surface area contributed by atoms with Crippen LogP contribution < -0.4 is 14.8 Å². The van der Waals surface area contributed by atoms with Crippen molar-refractivity contribution in [3.8, 4) is 11.5 Å². The van der Waals surface area contributed by atoms with Crippen molar-refractivity contribution < 1.29 is 23.8 Å². The Morgan fingerprint density at radius 3 is 2.71 bits per heavy atom. The van der Waals surface area contributed by atoms with E-state index in [9.17, 15) is 9.59 Å². The maximum Gasteiger partial charge on any atom is 0.338 e. The van der Waals surface area contributed by atoms with Crippen molar-refractivity contribution >= 4 is 29.3 Å². The van der Waals surface area contributed by atoms with Gasteiger partial charge in [-0.1, -0.05) is 11.6 Å². The standard InChI is InChI=1S/C16H13ClN2O5/c17-11-2-4-14(18-8-11)19-15(20)9-24-16(21)10-1-3-12-13(7-10)23-6-5-22-12/h1-4,7-8H,5-6,9H2,(H,18,19,20). The zero-order valence-corrected chi connectivity index (χ0v) is 13.2. The largest absolute Gasteiger partial charge is 0.486 e. The molecule has 1 aromatic carbocycles. The number of halogens is 1. The molecule has 1 N–H and O–H groups in total. The van der Waals surface area contributed by atoms with E-state index in [1.54, 1.807) is 24.3 Å². The third-order valence-electron chi connectivity index (χ3n) is 3.11. The van der Waals surface area contributed by atoms with E-state index in [1.165, 1.54) is 12.3 Å². The number of aromatic nitrogens is 1. The van der Waals surface area contributed by atoms with Crippen LogP contribution in [0, 0.1) is 0 Å². The Kier molecular flexibility index (Phi) is 4.81. The fraction of sp³-hybridized carbons (Fsp3) is 0.188. The third kappa shape index (κ3) is 3.94. The number of nitrogens with zero attached hydrogens (tertiary/aromatic N) is 1. The summed E-state index contributed by atoms with van der Waals surface area (Å²) in [4.78, 5) is 27.7. The van der Waals surface area contributed by atoms with Gasteiger partial charge in [-0.15, -0.1) is 0 Å². The van der Waals surface area contributed by atoms with Crippen LogP contribution in [0.1, 0.15) is 10.4 Å². The number of benzene rings is 1. The van der Waals surface area contributed by atoms with E-state index in [0.29, 0.717) is 35.6 Å². The van der Waals surface area contributed by atoms with Gasteiger partial charge in [0.1, 0.15) is 19.0 Å². The summed E-state index contributed by atoms with van der Waals surface area (Å²) in [5.74, 6) is 0.233. The molecule has 8 heteroatoms. The molecule has 0 atom stereocenters. The van der Waals surface area contributed by atoms with Crippen molar-refractivity contribution in [2.75, 3.05) is 25.1 Å². The molecule has 0 spiro atoms. The summed E-state index contributed by atoms with van der Waals surface area (Å²) in [5, 5.41) is 2.95. The van der Waals surface area contributed by atoms with E-state index >= 15 is 0 Å². The number of rotatable bonds is 4. The number of hydrogen-bond donors (Lipinski definition) is 1. The molecule has 0 radical (unpaired) electrons. The van der Waals surface area contributed by atoms with Crippen LogP contribution in [0.4, 0.5) is 5.82 Å². The first kappa shape index (κ1) is 16.1. The normalized spacial score (nSPS) is 12.4. The molecule has 2 aromatic rings. The molecule has 2 heterocycles. The number of esters is 1. The molecular weight excluding hydrogens is 336 g/mol. The summed E-state index contributed by atoms with van der Waals surface area (Å²) in [6.45, 7) is 0.454. The highest BCUT2D eigenvalue weighted by molar-refractivity contribution is 6.30. The molecule has 3 rings (SSSR count). The lowest BCUT2D eigenvalue weighted by Gasteiger charge is -2.18. The van der Waals surface area contributed by atoms with Crippen molar-refractivity contribution in [3.63, 3.8) is 0 Å². The highest BCUT2D eigenvalue weighted by Crippen LogP contribution is 2.30. The van der Waals surface area contributed by atoms with E-state index in [-0.39, 0.29) is 5.56 Å². The monoisotopic (exact) mass is 348 g/mol. The SMILES string of the molecule is O=C(COC(=O)c1ccc2c(c1)OCCO2)Nc1ccc(Cl)cn1. The molecule has 1 aromatic heterocycles. The van der Waals surface area contributed by atoms with E-state index < -0.39 is 18.5 Å². The van der Waals surface area contributed by atoms with Crippen LogP contribution in [0.3, 0.4) is 0 Å². The number of carbonyl (C=O) groups excluding carboxylic acids is 2. The second-order valence-electron chi connectivity index (χ2n) is 4.84. The fourth-order valence-corrected chi connectivity index (χ4v) is 2.13. The summed E-state index contributed by atoms with van der Waals surface area (Å²) in [5.41, 5.74) is 0.275. The van der Waals surface area contributed by atoms with E-state index in [0.717, 1.165) is 0 Å². The van der Waals surface area contributed by atoms with Crippen LogP contribution in [0.5, 0.6) is 11.5 Å². The zero-order chi connectivity index (χ0) is 16.9. The van der Waals surface area contributed by atoms with Gasteiger partial charge in [-0.25, -0.2) is 9.78 Å². The predicted octanol–water partition coefficient (Wildman–Crippen LogP) is 2.30. The Labute approximate surface area is 142 Å². The quantitative estimate of drug-likeness (QED) is 0.853. The summed E-state index contributed by atoms with van der Waals surface area (Å²) in [7, 11) is 0. The average Bonchev–Trinajstić information content (AvgIpc) is 2.61. The number of hydrogen-bond acceptors (Lipinski definition) is 6. The molecular formula is C16H13ClN2O5. The van der Waals surface area contributed by atoms with E-state index in [1.807, 2.05) is 0 Å². The molecule has 0 saturated carbocycles. The molecule has 24 heavy (non-hydrogen) atoms. The number of pyridine rings is 1. The number of amides is 1. The highest BCUT2D eigenvalue weighted by Gasteiger charge is 2.16. The first-order chi connectivity index (χ1) is 11.6. The van der Waals surface area contributed by atoms with Gasteiger partial charge in [0.15, 0.2) is 18.1 Å². The van der Waals surface area contributed by atoms with Gasteiger partial charge in [-0.05, 0) is 30.3 Å². The van der Waals surface area contributed by atoms with Crippen molar-refractivity contribution in [2.45, 2.75) is 0 Å². The molecule has 0 bridgehead atoms. The van der Waals surface area contributed by atoms with Crippen LogP contribution >= 0.6 is 11.6 Å². The van der Waals surface area contributed by atoms with Crippen molar-refractivity contribution in [1.29, 1.82) is 0 Å². The first-order valence-corrected chi connectivity index (χ1v) is 7.48. The smallest absolute Gasteiger partial charge is 0.338 e. The van der Waals surface area contributed by atoms with Crippen LogP contribution in [-0.2, 0) is 9.53 Å². The number of anilines is 1. The molecule has 0 unspecified atom stereocenters. The topological polar surface area (TPSA) is 86.8 Å². The van der Waals surface area contributed by atoms with Gasteiger partial charge in [-0.3, -0.25) is 4.79 Å². The summed E-state index contributed by atoms with van der Waals surface area (Å²) >= 11 is 5.71. The molecule has 0 fully saturated rings. The van der Waals surface area contributed by atoms with Crippen LogP contribution in [0.15, 0.2) is 36.5 Å². The Morgan fingerprint density at radius 2 is 1.96 bits per heavy atom. The molecule has 1 amide bonds. The van der Waals surface area contributed by atoms with Gasteiger partial charge in [0.25, 0.3) is 5.91 Å². The lowest BCUT2D eigenvalue weighted by molar-refractivity contribution is -0.119. The highest BCUT2D eigenvalue weighted by atomic mass is 35.5. The second-order valence-corrected chi connectivity index (χ2v) is 5.28. The average molecular weight is 349 g/mol. The summed E-state index contributed by atoms with van der Waals surface area (Å²) in [6.07, 6.45) is 1.40. The summed E-state index contributed by atoms with van der Waals surface area (Å²) in [6, 6.07) is 7.83. The molecule has 0 aliphatic carbocycles. The minimum Gasteiger partial charge on any atom is -0.486 e. The lowest BCUT2D eigenvalue weighted by Crippen LogP contribution is -2.21. The molecule has 1 aliphatic heterocycles. The Balaban J connectivity index is 1.55. The number of ether oxygens (including phenoxy) is 3. The fourth-order valence-electron chi connectivity index (χ4n) is 2.01. The van der Waals surface area contributed by atoms with Gasteiger partial charge in [0, 0.05) is 6.20 Å². The van der Waals surface area contributed by atoms with Gasteiger partial charge in [0.05, 0.1) is 10.6 Å². The Bertz CT molecular complexity index is 764. The zero-order valence-electron chi connectivity index (χ0n) is 12.5. The van der Waals surface area contributed by atoms with Crippen molar-refractivity contribution in [2.24, 2.45) is 0 Å². The number of fused-ring (bicyclic) bond motifs is 1. The Hall–Kier alpha value is -2.80. The molecule has 124 valence electrons. The van der Waals surface area contributed by atoms with Gasteiger partial charge < -0.3 is 19.5 Å². The number of carbonyl (C=O) groups is 2. The maximum absolute atomic E-state index is 12.0. The van der Waals surface area contributed by atoms with Gasteiger partial charge >= 0.3 is 5.97 Å². The van der Waals surface area contributed by atoms with Crippen LogP contribution in [0.2, 0.25) is 5.02 Å².